The van der Waals surface area contributed by atoms with E-state index in [0.29, 0.717) is 26.1 Å². The van der Waals surface area contributed by atoms with E-state index in [1.807, 2.05) is 11.8 Å². The minimum Gasteiger partial charge on any atom is -0.396 e. The second-order valence-electron chi connectivity index (χ2n) is 7.67. The lowest BCUT2D eigenvalue weighted by molar-refractivity contribution is -0.202. The smallest absolute Gasteiger partial charge is 0.230 e. The molecule has 24 heavy (non-hydrogen) atoms. The highest BCUT2D eigenvalue weighted by Crippen LogP contribution is 2.40. The van der Waals surface area contributed by atoms with Gasteiger partial charge in [0.1, 0.15) is 6.23 Å². The van der Waals surface area contributed by atoms with E-state index in [1.165, 1.54) is 0 Å². The minimum atomic E-state index is -0.966. The number of hydrogen-bond donors (Lipinski definition) is 2. The molecule has 0 bridgehead atoms. The molecule has 6 heteroatoms. The van der Waals surface area contributed by atoms with Gasteiger partial charge >= 0.3 is 0 Å². The van der Waals surface area contributed by atoms with Crippen molar-refractivity contribution in [2.45, 2.75) is 82.3 Å². The number of carbonyl (C=O) groups is 1. The van der Waals surface area contributed by atoms with Gasteiger partial charge in [0.15, 0.2) is 0 Å². The number of carbonyl (C=O) groups excluding carboxylic acids is 1. The molecule has 0 radical (unpaired) electrons. The predicted octanol–water partition coefficient (Wildman–Crippen LogP) is 1.43. The molecular weight excluding hydrogens is 310 g/mol. The van der Waals surface area contributed by atoms with Crippen molar-refractivity contribution in [3.8, 4) is 0 Å². The van der Waals surface area contributed by atoms with Gasteiger partial charge < -0.3 is 24.6 Å². The van der Waals surface area contributed by atoms with Gasteiger partial charge in [-0.15, -0.1) is 0 Å². The van der Waals surface area contributed by atoms with Crippen LogP contribution in [-0.2, 0) is 14.3 Å². The summed E-state index contributed by atoms with van der Waals surface area (Å²) in [5.74, 6) is -0.156. The molecule has 0 aromatic heterocycles. The third kappa shape index (κ3) is 3.62. The van der Waals surface area contributed by atoms with Gasteiger partial charge in [-0.25, -0.2) is 0 Å². The van der Waals surface area contributed by atoms with Crippen molar-refractivity contribution in [1.82, 2.24) is 4.90 Å². The van der Waals surface area contributed by atoms with Gasteiger partial charge in [-0.05, 0) is 58.3 Å². The summed E-state index contributed by atoms with van der Waals surface area (Å²) in [6, 6.07) is -0.0757. The van der Waals surface area contributed by atoms with Crippen LogP contribution in [0.5, 0.6) is 0 Å². The second-order valence-corrected chi connectivity index (χ2v) is 7.67. The van der Waals surface area contributed by atoms with Gasteiger partial charge in [-0.1, -0.05) is 0 Å². The monoisotopic (exact) mass is 341 g/mol. The molecule has 138 valence electrons. The largest absolute Gasteiger partial charge is 0.396 e. The van der Waals surface area contributed by atoms with E-state index in [9.17, 15) is 15.0 Å². The molecule has 0 aromatic rings. The van der Waals surface area contributed by atoms with Crippen LogP contribution in [0.2, 0.25) is 0 Å². The summed E-state index contributed by atoms with van der Waals surface area (Å²) in [4.78, 5) is 14.4. The van der Waals surface area contributed by atoms with Gasteiger partial charge in [0.05, 0.1) is 17.6 Å². The van der Waals surface area contributed by atoms with Gasteiger partial charge in [-0.2, -0.15) is 0 Å². The van der Waals surface area contributed by atoms with Crippen molar-refractivity contribution in [2.24, 2.45) is 5.92 Å². The second kappa shape index (κ2) is 7.68. The Morgan fingerprint density at radius 1 is 1.17 bits per heavy atom. The number of hydrogen-bond acceptors (Lipinski definition) is 5. The number of likely N-dealkylation sites (tertiary alicyclic amines) is 1. The normalized spacial score (nSPS) is 37.0. The molecule has 3 fully saturated rings. The maximum absolute atomic E-state index is 12.5. The molecule has 3 saturated heterocycles. The molecule has 2 N–H and O–H groups in total. The third-order valence-corrected chi connectivity index (χ3v) is 5.80. The highest BCUT2D eigenvalue weighted by molar-refractivity contribution is 5.86. The van der Waals surface area contributed by atoms with Crippen molar-refractivity contribution in [3.05, 3.63) is 0 Å². The maximum Gasteiger partial charge on any atom is 0.230 e. The molecule has 5 atom stereocenters. The Kier molecular flexibility index (Phi) is 5.80. The van der Waals surface area contributed by atoms with Crippen LogP contribution >= 0.6 is 0 Å². The summed E-state index contributed by atoms with van der Waals surface area (Å²) >= 11 is 0. The zero-order chi connectivity index (χ0) is 17.2. The van der Waals surface area contributed by atoms with Crippen molar-refractivity contribution in [2.75, 3.05) is 19.8 Å². The topological polar surface area (TPSA) is 79.2 Å². The van der Waals surface area contributed by atoms with E-state index in [2.05, 4.69) is 0 Å². The Labute approximate surface area is 144 Å². The number of ether oxygens (including phenoxy) is 2. The molecule has 0 spiro atoms. The van der Waals surface area contributed by atoms with Gasteiger partial charge in [0.2, 0.25) is 5.91 Å². The summed E-state index contributed by atoms with van der Waals surface area (Å²) in [7, 11) is 0. The Morgan fingerprint density at radius 2 is 1.88 bits per heavy atom. The van der Waals surface area contributed by atoms with Crippen LogP contribution < -0.4 is 0 Å². The maximum atomic E-state index is 12.5. The lowest BCUT2D eigenvalue weighted by Crippen LogP contribution is -2.67. The average Bonchev–Trinajstić information content (AvgIpc) is 2.61. The van der Waals surface area contributed by atoms with Gasteiger partial charge in [-0.3, -0.25) is 4.79 Å². The van der Waals surface area contributed by atoms with E-state index in [-0.39, 0.29) is 36.8 Å². The molecule has 1 amide bonds. The van der Waals surface area contributed by atoms with Crippen molar-refractivity contribution >= 4 is 5.91 Å². The van der Waals surface area contributed by atoms with Gasteiger partial charge in [0, 0.05) is 25.9 Å². The highest BCUT2D eigenvalue weighted by Gasteiger charge is 2.53. The van der Waals surface area contributed by atoms with Crippen molar-refractivity contribution in [3.63, 3.8) is 0 Å². The van der Waals surface area contributed by atoms with Gasteiger partial charge in [0.25, 0.3) is 0 Å². The summed E-state index contributed by atoms with van der Waals surface area (Å²) in [6.07, 6.45) is 6.52. The van der Waals surface area contributed by atoms with E-state index in [1.54, 1.807) is 0 Å². The number of aliphatic hydroxyl groups is 2. The first-order valence-corrected chi connectivity index (χ1v) is 9.43. The first kappa shape index (κ1) is 18.1. The molecular formula is C18H31NO5. The zero-order valence-corrected chi connectivity index (χ0v) is 14.7. The number of rotatable bonds is 6. The van der Waals surface area contributed by atoms with Crippen LogP contribution in [0.3, 0.4) is 0 Å². The van der Waals surface area contributed by atoms with Crippen LogP contribution in [0.1, 0.15) is 58.3 Å². The standard InChI is InChI=1S/C18H31NO5/c1-18(22,15-6-2-4-10-23-15)12-14-13(8-9-20)17(21)19(14)16-7-3-5-11-24-16/h13-16,20,22H,2-12H2,1H3. The van der Waals surface area contributed by atoms with E-state index < -0.39 is 5.60 Å². The molecule has 6 nitrogen and oxygen atoms in total. The Bertz CT molecular complexity index is 429. The highest BCUT2D eigenvalue weighted by atomic mass is 16.5. The van der Waals surface area contributed by atoms with Crippen LogP contribution in [0.25, 0.3) is 0 Å². The molecule has 5 unspecified atom stereocenters. The van der Waals surface area contributed by atoms with Crippen molar-refractivity contribution < 1.29 is 24.5 Å². The number of nitrogens with zero attached hydrogens (tertiary/aromatic N) is 1. The van der Waals surface area contributed by atoms with Crippen LogP contribution in [0.4, 0.5) is 0 Å². The fourth-order valence-corrected chi connectivity index (χ4v) is 4.41. The predicted molar refractivity (Wildman–Crippen MR) is 88.2 cm³/mol. The summed E-state index contributed by atoms with van der Waals surface area (Å²) in [5, 5.41) is 20.3. The van der Waals surface area contributed by atoms with E-state index in [4.69, 9.17) is 9.47 Å². The number of β-lactam (4-membered cyclic amide) rings is 1. The van der Waals surface area contributed by atoms with Crippen LogP contribution in [0, 0.1) is 5.92 Å². The minimum absolute atomic E-state index is 0.00561. The number of amides is 1. The molecule has 0 aromatic carbocycles. The van der Waals surface area contributed by atoms with Crippen LogP contribution in [-0.4, -0.2) is 64.8 Å². The fraction of sp³-hybridized carbons (Fsp3) is 0.944. The average molecular weight is 341 g/mol. The molecule has 3 aliphatic heterocycles. The molecule has 0 aliphatic carbocycles. The summed E-state index contributed by atoms with van der Waals surface area (Å²) in [6.45, 7) is 3.20. The Hall–Kier alpha value is -0.690. The zero-order valence-electron chi connectivity index (χ0n) is 14.7. The summed E-state index contributed by atoms with van der Waals surface area (Å²) < 4.78 is 11.6. The first-order valence-electron chi connectivity index (χ1n) is 9.43. The molecule has 0 saturated carbocycles. The fourth-order valence-electron chi connectivity index (χ4n) is 4.41. The Balaban J connectivity index is 1.69. The molecule has 3 aliphatic rings. The third-order valence-electron chi connectivity index (χ3n) is 5.80. The van der Waals surface area contributed by atoms with E-state index >= 15 is 0 Å². The summed E-state index contributed by atoms with van der Waals surface area (Å²) in [5.41, 5.74) is -0.966. The molecule has 3 rings (SSSR count). The Morgan fingerprint density at radius 3 is 2.46 bits per heavy atom. The lowest BCUT2D eigenvalue weighted by atomic mass is 9.75. The van der Waals surface area contributed by atoms with Crippen molar-refractivity contribution in [1.29, 1.82) is 0 Å². The lowest BCUT2D eigenvalue weighted by Gasteiger charge is -2.54. The number of aliphatic hydroxyl groups excluding tert-OH is 1. The SMILES string of the molecule is CC(O)(CC1C(CCO)C(=O)N1C1CCCCO1)C1CCCCO1. The quantitative estimate of drug-likeness (QED) is 0.715. The first-order chi connectivity index (χ1) is 11.5. The van der Waals surface area contributed by atoms with Crippen LogP contribution in [0.15, 0.2) is 0 Å². The van der Waals surface area contributed by atoms with E-state index in [0.717, 1.165) is 38.5 Å². The molecule has 3 heterocycles.